The molecule has 1 aliphatic rings. The fourth-order valence-electron chi connectivity index (χ4n) is 3.29. The van der Waals surface area contributed by atoms with Crippen molar-refractivity contribution < 1.29 is 9.18 Å². The number of carbonyl (C=O) groups excluding carboxylic acids is 1. The molecule has 0 saturated carbocycles. The van der Waals surface area contributed by atoms with E-state index < -0.39 is 0 Å². The number of nitriles is 1. The number of carbonyl (C=O) groups is 1. The molecule has 2 amide bonds. The van der Waals surface area contributed by atoms with Gasteiger partial charge in [-0.3, -0.25) is 0 Å². The van der Waals surface area contributed by atoms with Gasteiger partial charge in [0.15, 0.2) is 0 Å². The van der Waals surface area contributed by atoms with Crippen molar-refractivity contribution >= 4 is 22.9 Å². The molecule has 0 radical (unpaired) electrons. The number of nitrogens with one attached hydrogen (secondary N) is 2. The number of nitrogens with zero attached hydrogens (tertiary/aromatic N) is 5. The number of amides is 2. The summed E-state index contributed by atoms with van der Waals surface area (Å²) in [7, 11) is 0. The number of rotatable bonds is 3. The second-order valence-electron chi connectivity index (χ2n) is 6.49. The highest BCUT2D eigenvalue weighted by molar-refractivity contribution is 5.92. The summed E-state index contributed by atoms with van der Waals surface area (Å²) in [6.45, 7) is 2.62. The van der Waals surface area contributed by atoms with Crippen LogP contribution in [0.4, 0.5) is 15.0 Å². The van der Waals surface area contributed by atoms with Gasteiger partial charge >= 0.3 is 6.03 Å². The number of urea groups is 1. The van der Waals surface area contributed by atoms with E-state index in [2.05, 4.69) is 31.2 Å². The van der Waals surface area contributed by atoms with Gasteiger partial charge in [-0.1, -0.05) is 12.1 Å². The lowest BCUT2D eigenvalue weighted by Gasteiger charge is -2.35. The average molecular weight is 379 g/mol. The highest BCUT2D eigenvalue weighted by atomic mass is 19.1. The minimum Gasteiger partial charge on any atom is -0.352 e. The zero-order valence-corrected chi connectivity index (χ0v) is 15.0. The second kappa shape index (κ2) is 7.52. The fraction of sp³-hybridized carbons (Fsp3) is 0.263. The molecule has 0 bridgehead atoms. The first-order valence-corrected chi connectivity index (χ1v) is 8.90. The molecule has 142 valence electrons. The maximum absolute atomic E-state index is 12.9. The maximum Gasteiger partial charge on any atom is 0.317 e. The number of fused-ring (bicyclic) bond motifs is 1. The van der Waals surface area contributed by atoms with Crippen molar-refractivity contribution in [1.82, 2.24) is 25.2 Å². The van der Waals surface area contributed by atoms with Gasteiger partial charge in [0.1, 0.15) is 29.7 Å². The molecular weight excluding hydrogens is 361 g/mol. The molecular formula is C19H18FN7O. The molecule has 0 aliphatic carbocycles. The van der Waals surface area contributed by atoms with Crippen LogP contribution < -0.4 is 10.2 Å². The SMILES string of the molecule is N#Cc1c[nH]c2ncnc(N3CCN(C(=O)NCc4ccc(F)cc4)CC3)c12. The molecule has 2 N–H and O–H groups in total. The third-order valence-electron chi connectivity index (χ3n) is 4.79. The Bertz CT molecular complexity index is 1030. The Hall–Kier alpha value is -3.67. The van der Waals surface area contributed by atoms with Crippen molar-refractivity contribution in [2.75, 3.05) is 31.1 Å². The monoisotopic (exact) mass is 379 g/mol. The van der Waals surface area contributed by atoms with Crippen LogP contribution in [-0.2, 0) is 6.54 Å². The number of piperazine rings is 1. The lowest BCUT2D eigenvalue weighted by molar-refractivity contribution is 0.194. The molecule has 4 rings (SSSR count). The van der Waals surface area contributed by atoms with Gasteiger partial charge in [0, 0.05) is 38.9 Å². The van der Waals surface area contributed by atoms with E-state index in [-0.39, 0.29) is 11.8 Å². The highest BCUT2D eigenvalue weighted by Crippen LogP contribution is 2.26. The average Bonchev–Trinajstić information content (AvgIpc) is 3.17. The van der Waals surface area contributed by atoms with Crippen LogP contribution in [0.3, 0.4) is 0 Å². The summed E-state index contributed by atoms with van der Waals surface area (Å²) in [5.41, 5.74) is 1.97. The molecule has 0 atom stereocenters. The Balaban J connectivity index is 1.38. The topological polar surface area (TPSA) is 101 Å². The first-order chi connectivity index (χ1) is 13.7. The van der Waals surface area contributed by atoms with E-state index in [4.69, 9.17) is 0 Å². The highest BCUT2D eigenvalue weighted by Gasteiger charge is 2.24. The van der Waals surface area contributed by atoms with E-state index in [1.54, 1.807) is 23.2 Å². The third kappa shape index (κ3) is 3.44. The minimum absolute atomic E-state index is 0.156. The van der Waals surface area contributed by atoms with Crippen molar-refractivity contribution in [3.63, 3.8) is 0 Å². The Labute approximate surface area is 160 Å². The molecule has 1 saturated heterocycles. The maximum atomic E-state index is 12.9. The van der Waals surface area contributed by atoms with Gasteiger partial charge in [0.05, 0.1) is 10.9 Å². The van der Waals surface area contributed by atoms with Crippen LogP contribution in [0.2, 0.25) is 0 Å². The molecule has 3 aromatic rings. The fourth-order valence-corrected chi connectivity index (χ4v) is 3.29. The molecule has 0 spiro atoms. The van der Waals surface area contributed by atoms with Gasteiger partial charge in [0.25, 0.3) is 0 Å². The van der Waals surface area contributed by atoms with Crippen molar-refractivity contribution in [1.29, 1.82) is 5.26 Å². The van der Waals surface area contributed by atoms with Crippen LogP contribution in [0.15, 0.2) is 36.8 Å². The van der Waals surface area contributed by atoms with Crippen LogP contribution >= 0.6 is 0 Å². The van der Waals surface area contributed by atoms with Gasteiger partial charge in [-0.25, -0.2) is 19.2 Å². The van der Waals surface area contributed by atoms with E-state index in [0.717, 1.165) is 5.56 Å². The first kappa shape index (κ1) is 17.7. The van der Waals surface area contributed by atoms with Gasteiger partial charge in [-0.15, -0.1) is 0 Å². The lowest BCUT2D eigenvalue weighted by Crippen LogP contribution is -2.52. The number of aromatic amines is 1. The van der Waals surface area contributed by atoms with E-state index in [0.29, 0.717) is 55.1 Å². The summed E-state index contributed by atoms with van der Waals surface area (Å²) < 4.78 is 12.9. The van der Waals surface area contributed by atoms with E-state index in [9.17, 15) is 14.4 Å². The van der Waals surface area contributed by atoms with E-state index in [1.807, 2.05) is 0 Å². The number of benzene rings is 1. The summed E-state index contributed by atoms with van der Waals surface area (Å²) in [6.07, 6.45) is 3.10. The number of hydrogen-bond donors (Lipinski definition) is 2. The van der Waals surface area contributed by atoms with Crippen LogP contribution in [0, 0.1) is 17.1 Å². The van der Waals surface area contributed by atoms with Crippen LogP contribution in [0.1, 0.15) is 11.1 Å². The number of hydrogen-bond acceptors (Lipinski definition) is 5. The Kier molecular flexibility index (Phi) is 4.76. The Morgan fingerprint density at radius 1 is 1.21 bits per heavy atom. The van der Waals surface area contributed by atoms with Crippen molar-refractivity contribution in [2.24, 2.45) is 0 Å². The van der Waals surface area contributed by atoms with Crippen molar-refractivity contribution in [3.05, 3.63) is 53.7 Å². The molecule has 0 unspecified atom stereocenters. The predicted octanol–water partition coefficient (Wildman–Crippen LogP) is 2.00. The zero-order valence-electron chi connectivity index (χ0n) is 15.0. The van der Waals surface area contributed by atoms with Gasteiger partial charge in [0.2, 0.25) is 0 Å². The van der Waals surface area contributed by atoms with Gasteiger partial charge < -0.3 is 20.1 Å². The summed E-state index contributed by atoms with van der Waals surface area (Å²) in [6, 6.07) is 8.05. The van der Waals surface area contributed by atoms with Gasteiger partial charge in [-0.2, -0.15) is 5.26 Å². The molecule has 28 heavy (non-hydrogen) atoms. The standard InChI is InChI=1S/C19H18FN7O/c20-15-3-1-13(2-4-15)10-23-19(28)27-7-5-26(6-8-27)18-16-14(9-21)11-22-17(16)24-12-25-18/h1-4,11-12H,5-8,10H2,(H,23,28)(H,22,24,25). The summed E-state index contributed by atoms with van der Waals surface area (Å²) >= 11 is 0. The molecule has 2 aromatic heterocycles. The Morgan fingerprint density at radius 3 is 2.68 bits per heavy atom. The van der Waals surface area contributed by atoms with Crippen LogP contribution in [0.25, 0.3) is 11.0 Å². The smallest absolute Gasteiger partial charge is 0.317 e. The number of H-pyrrole nitrogens is 1. The van der Waals surface area contributed by atoms with Crippen LogP contribution in [-0.4, -0.2) is 52.1 Å². The van der Waals surface area contributed by atoms with E-state index >= 15 is 0 Å². The van der Waals surface area contributed by atoms with Crippen molar-refractivity contribution in [3.8, 4) is 6.07 Å². The molecule has 1 fully saturated rings. The molecule has 1 aromatic carbocycles. The number of anilines is 1. The Morgan fingerprint density at radius 2 is 1.96 bits per heavy atom. The van der Waals surface area contributed by atoms with Crippen molar-refractivity contribution in [2.45, 2.75) is 6.54 Å². The number of halogens is 1. The third-order valence-corrected chi connectivity index (χ3v) is 4.79. The summed E-state index contributed by atoms with van der Waals surface area (Å²) in [5, 5.41) is 12.9. The first-order valence-electron chi connectivity index (χ1n) is 8.90. The lowest BCUT2D eigenvalue weighted by atomic mass is 10.2. The summed E-state index contributed by atoms with van der Waals surface area (Å²) in [5.74, 6) is 0.404. The molecule has 9 heteroatoms. The molecule has 1 aliphatic heterocycles. The van der Waals surface area contributed by atoms with Gasteiger partial charge in [-0.05, 0) is 17.7 Å². The predicted molar refractivity (Wildman–Crippen MR) is 101 cm³/mol. The van der Waals surface area contributed by atoms with Crippen LogP contribution in [0.5, 0.6) is 0 Å². The summed E-state index contributed by atoms with van der Waals surface area (Å²) in [4.78, 5) is 27.7. The zero-order chi connectivity index (χ0) is 19.5. The number of aromatic nitrogens is 3. The van der Waals surface area contributed by atoms with E-state index in [1.165, 1.54) is 18.5 Å². The minimum atomic E-state index is -0.299. The normalized spacial score (nSPS) is 14.1. The molecule has 8 nitrogen and oxygen atoms in total. The quantitative estimate of drug-likeness (QED) is 0.725. The molecule has 3 heterocycles. The second-order valence-corrected chi connectivity index (χ2v) is 6.49. The largest absolute Gasteiger partial charge is 0.352 e.